The minimum Gasteiger partial charge on any atom is -0.490 e. The van der Waals surface area contributed by atoms with Crippen LogP contribution < -0.4 is 19.9 Å². The lowest BCUT2D eigenvalue weighted by Crippen LogP contribution is -2.52. The number of rotatable bonds is 6. The Balaban J connectivity index is 1.39. The first-order valence-electron chi connectivity index (χ1n) is 12.0. The van der Waals surface area contributed by atoms with E-state index in [0.717, 1.165) is 44.1 Å². The average Bonchev–Trinajstić information content (AvgIpc) is 2.92. The predicted molar refractivity (Wildman–Crippen MR) is 143 cm³/mol. The Hall–Kier alpha value is -4.00. The Labute approximate surface area is 219 Å². The number of carbonyl (C=O) groups excluding carboxylic acids is 1. The van der Waals surface area contributed by atoms with Gasteiger partial charge in [-0.15, -0.1) is 0 Å². The summed E-state index contributed by atoms with van der Waals surface area (Å²) in [6.07, 6.45) is 3.18. The molecule has 2 heterocycles. The standard InChI is InChI=1S/C24H28N6O6S/c1-36-22-8-5-17(15-21(22)30(34)35)23(31)25-24(37)28-13-11-26(12-14-28)18-6-7-19(29(32)33)20(16-18)27-9-3-2-4-10-27/h5-8,15-16H,2-4,9-14H2,1H3,(H,25,31,37). The van der Waals surface area contributed by atoms with Gasteiger partial charge in [0.1, 0.15) is 5.69 Å². The maximum absolute atomic E-state index is 12.7. The topological polar surface area (TPSA) is 134 Å². The number of piperidine rings is 1. The molecular weight excluding hydrogens is 500 g/mol. The lowest BCUT2D eigenvalue weighted by molar-refractivity contribution is -0.385. The number of hydrogen-bond donors (Lipinski definition) is 1. The van der Waals surface area contributed by atoms with Gasteiger partial charge in [0.05, 0.1) is 17.0 Å². The number of ether oxygens (including phenoxy) is 1. The van der Waals surface area contributed by atoms with Crippen LogP contribution in [0.3, 0.4) is 0 Å². The molecule has 2 aromatic carbocycles. The van der Waals surface area contributed by atoms with Gasteiger partial charge in [0.15, 0.2) is 10.9 Å². The Morgan fingerprint density at radius 1 is 0.892 bits per heavy atom. The molecule has 2 saturated heterocycles. The number of hydrogen-bond acceptors (Lipinski definition) is 9. The number of methoxy groups -OCH3 is 1. The molecule has 0 aliphatic carbocycles. The van der Waals surface area contributed by atoms with Crippen molar-refractivity contribution >= 4 is 46.0 Å². The van der Waals surface area contributed by atoms with Gasteiger partial charge >= 0.3 is 5.69 Å². The van der Waals surface area contributed by atoms with Gasteiger partial charge in [0, 0.05) is 62.7 Å². The van der Waals surface area contributed by atoms with Gasteiger partial charge in [0.25, 0.3) is 11.6 Å². The van der Waals surface area contributed by atoms with Crippen molar-refractivity contribution in [1.29, 1.82) is 0 Å². The summed E-state index contributed by atoms with van der Waals surface area (Å²) in [4.78, 5) is 40.7. The molecule has 0 bridgehead atoms. The van der Waals surface area contributed by atoms with Crippen LogP contribution in [-0.4, -0.2) is 72.1 Å². The number of amides is 1. The molecule has 2 aromatic rings. The minimum atomic E-state index is -0.609. The molecular formula is C24H28N6O6S. The Kier molecular flexibility index (Phi) is 8.01. The molecule has 196 valence electrons. The minimum absolute atomic E-state index is 0.0648. The second kappa shape index (κ2) is 11.4. The van der Waals surface area contributed by atoms with E-state index in [9.17, 15) is 25.0 Å². The van der Waals surface area contributed by atoms with Gasteiger partial charge in [-0.3, -0.25) is 30.3 Å². The SMILES string of the molecule is COc1ccc(C(=O)NC(=S)N2CCN(c3ccc([N+](=O)[O-])c(N4CCCCC4)c3)CC2)cc1[N+](=O)[O-]. The quantitative estimate of drug-likeness (QED) is 0.338. The summed E-state index contributed by atoms with van der Waals surface area (Å²) >= 11 is 5.43. The third-order valence-electron chi connectivity index (χ3n) is 6.64. The number of benzene rings is 2. The monoisotopic (exact) mass is 528 g/mol. The summed E-state index contributed by atoms with van der Waals surface area (Å²) in [6, 6.07) is 9.22. The van der Waals surface area contributed by atoms with E-state index in [1.54, 1.807) is 12.1 Å². The van der Waals surface area contributed by atoms with E-state index in [2.05, 4.69) is 15.1 Å². The molecule has 0 aromatic heterocycles. The first-order chi connectivity index (χ1) is 17.8. The lowest BCUT2D eigenvalue weighted by atomic mass is 10.1. The summed E-state index contributed by atoms with van der Waals surface area (Å²) in [5.41, 5.74) is 1.48. The number of nitrogens with zero attached hydrogens (tertiary/aromatic N) is 5. The Bertz CT molecular complexity index is 1210. The van der Waals surface area contributed by atoms with Crippen LogP contribution in [-0.2, 0) is 0 Å². The molecule has 2 aliphatic heterocycles. The third kappa shape index (κ3) is 5.88. The Morgan fingerprint density at radius 2 is 1.57 bits per heavy atom. The smallest absolute Gasteiger partial charge is 0.311 e. The van der Waals surface area contributed by atoms with Crippen LogP contribution in [0.1, 0.15) is 29.6 Å². The maximum Gasteiger partial charge on any atom is 0.311 e. The molecule has 12 nitrogen and oxygen atoms in total. The fraction of sp³-hybridized carbons (Fsp3) is 0.417. The highest BCUT2D eigenvalue weighted by Gasteiger charge is 2.26. The molecule has 2 fully saturated rings. The van der Waals surface area contributed by atoms with Crippen LogP contribution in [0, 0.1) is 20.2 Å². The van der Waals surface area contributed by atoms with E-state index in [1.165, 1.54) is 19.2 Å². The summed E-state index contributed by atoms with van der Waals surface area (Å²) in [5.74, 6) is -0.477. The van der Waals surface area contributed by atoms with Crippen LogP contribution >= 0.6 is 12.2 Å². The first-order valence-corrected chi connectivity index (χ1v) is 12.4. The molecule has 0 spiro atoms. The molecule has 4 rings (SSSR count). The number of piperazine rings is 1. The van der Waals surface area contributed by atoms with Crippen molar-refractivity contribution in [2.75, 3.05) is 56.2 Å². The molecule has 0 saturated carbocycles. The number of anilines is 2. The van der Waals surface area contributed by atoms with Crippen molar-refractivity contribution in [1.82, 2.24) is 10.2 Å². The largest absolute Gasteiger partial charge is 0.490 e. The summed E-state index contributed by atoms with van der Waals surface area (Å²) < 4.78 is 4.98. The molecule has 0 radical (unpaired) electrons. The summed E-state index contributed by atoms with van der Waals surface area (Å²) in [7, 11) is 1.32. The second-order valence-electron chi connectivity index (χ2n) is 8.85. The van der Waals surface area contributed by atoms with Crippen molar-refractivity contribution in [2.24, 2.45) is 0 Å². The number of nitrogens with one attached hydrogen (secondary N) is 1. The zero-order chi connectivity index (χ0) is 26.5. The van der Waals surface area contributed by atoms with Gasteiger partial charge in [-0.1, -0.05) is 0 Å². The van der Waals surface area contributed by atoms with Gasteiger partial charge in [-0.05, 0) is 55.7 Å². The van der Waals surface area contributed by atoms with Crippen molar-refractivity contribution < 1.29 is 19.4 Å². The van der Waals surface area contributed by atoms with Crippen LogP contribution in [0.4, 0.5) is 22.7 Å². The van der Waals surface area contributed by atoms with Crippen LogP contribution in [0.2, 0.25) is 0 Å². The highest BCUT2D eigenvalue weighted by Crippen LogP contribution is 2.34. The Morgan fingerprint density at radius 3 is 2.19 bits per heavy atom. The predicted octanol–water partition coefficient (Wildman–Crippen LogP) is 3.34. The van der Waals surface area contributed by atoms with E-state index in [-0.39, 0.29) is 32.7 Å². The summed E-state index contributed by atoms with van der Waals surface area (Å²) in [5, 5.41) is 25.8. The van der Waals surface area contributed by atoms with Crippen LogP contribution in [0.5, 0.6) is 5.75 Å². The highest BCUT2D eigenvalue weighted by molar-refractivity contribution is 7.80. The number of carbonyl (C=O) groups is 1. The summed E-state index contributed by atoms with van der Waals surface area (Å²) in [6.45, 7) is 3.92. The van der Waals surface area contributed by atoms with Crippen molar-refractivity contribution in [3.05, 3.63) is 62.2 Å². The van der Waals surface area contributed by atoms with E-state index in [4.69, 9.17) is 17.0 Å². The first kappa shape index (κ1) is 26.1. The van der Waals surface area contributed by atoms with Gasteiger partial charge < -0.3 is 19.4 Å². The highest BCUT2D eigenvalue weighted by atomic mass is 32.1. The molecule has 2 aliphatic rings. The van der Waals surface area contributed by atoms with Crippen molar-refractivity contribution in [3.63, 3.8) is 0 Å². The van der Waals surface area contributed by atoms with Gasteiger partial charge in [0.2, 0.25) is 0 Å². The molecule has 0 unspecified atom stereocenters. The second-order valence-corrected chi connectivity index (χ2v) is 9.24. The number of thiocarbonyl (C=S) groups is 1. The van der Waals surface area contributed by atoms with Crippen molar-refractivity contribution in [2.45, 2.75) is 19.3 Å². The third-order valence-corrected chi connectivity index (χ3v) is 7.00. The van der Waals surface area contributed by atoms with Crippen LogP contribution in [0.25, 0.3) is 0 Å². The van der Waals surface area contributed by atoms with E-state index in [1.807, 2.05) is 11.0 Å². The molecule has 1 N–H and O–H groups in total. The van der Waals surface area contributed by atoms with Gasteiger partial charge in [-0.2, -0.15) is 0 Å². The average molecular weight is 529 g/mol. The zero-order valence-electron chi connectivity index (χ0n) is 20.4. The van der Waals surface area contributed by atoms with Crippen LogP contribution in [0.15, 0.2) is 36.4 Å². The zero-order valence-corrected chi connectivity index (χ0v) is 21.2. The molecule has 1 amide bonds. The number of nitro benzene ring substituents is 2. The maximum atomic E-state index is 12.7. The van der Waals surface area contributed by atoms with E-state index < -0.39 is 10.8 Å². The molecule has 37 heavy (non-hydrogen) atoms. The molecule has 0 atom stereocenters. The van der Waals surface area contributed by atoms with E-state index >= 15 is 0 Å². The number of nitro groups is 2. The van der Waals surface area contributed by atoms with Gasteiger partial charge in [-0.25, -0.2) is 0 Å². The van der Waals surface area contributed by atoms with Crippen molar-refractivity contribution in [3.8, 4) is 5.75 Å². The fourth-order valence-corrected chi connectivity index (χ4v) is 4.92. The lowest BCUT2D eigenvalue weighted by Gasteiger charge is -2.37. The fourth-order valence-electron chi connectivity index (χ4n) is 4.64. The normalized spacial score (nSPS) is 15.8. The van der Waals surface area contributed by atoms with E-state index in [0.29, 0.717) is 31.9 Å². The molecule has 13 heteroatoms.